The number of esters is 1. The second-order valence-electron chi connectivity index (χ2n) is 7.23. The van der Waals surface area contributed by atoms with Crippen LogP contribution in [0.5, 0.6) is 0 Å². The van der Waals surface area contributed by atoms with Gasteiger partial charge in [-0.15, -0.1) is 0 Å². The number of hydrogen-bond acceptors (Lipinski definition) is 6. The lowest BCUT2D eigenvalue weighted by Gasteiger charge is -2.14. The number of rotatable bonds is 6. The number of fused-ring (bicyclic) bond motifs is 2. The molecule has 3 N–H and O–H groups in total. The number of ether oxygens (including phenoxy) is 1. The maximum Gasteiger partial charge on any atom is 0.326 e. The lowest BCUT2D eigenvalue weighted by molar-refractivity contribution is -0.147. The molecular formula is C23H19N3O6S. The van der Waals surface area contributed by atoms with Crippen molar-refractivity contribution >= 4 is 49.4 Å². The fourth-order valence-corrected chi connectivity index (χ4v) is 4.08. The Morgan fingerprint density at radius 1 is 0.909 bits per heavy atom. The van der Waals surface area contributed by atoms with Crippen LogP contribution in [0.15, 0.2) is 82.5 Å². The van der Waals surface area contributed by atoms with E-state index in [1.807, 2.05) is 0 Å². The zero-order valence-corrected chi connectivity index (χ0v) is 18.0. The molecule has 0 saturated carbocycles. The van der Waals surface area contributed by atoms with E-state index < -0.39 is 28.5 Å². The number of amides is 1. The van der Waals surface area contributed by atoms with Gasteiger partial charge in [0.1, 0.15) is 6.54 Å². The number of carbonyl (C=O) groups is 2. The first-order chi connectivity index (χ1) is 15.7. The van der Waals surface area contributed by atoms with Crippen molar-refractivity contribution in [2.45, 2.75) is 11.4 Å². The molecule has 0 aliphatic rings. The Labute approximate surface area is 188 Å². The predicted octanol–water partition coefficient (Wildman–Crippen LogP) is 1.98. The van der Waals surface area contributed by atoms with E-state index in [-0.39, 0.29) is 22.6 Å². The van der Waals surface area contributed by atoms with E-state index >= 15 is 0 Å². The fourth-order valence-electron chi connectivity index (χ4n) is 3.52. The number of nitrogens with zero attached hydrogens (tertiary/aromatic N) is 1. The third-order valence-corrected chi connectivity index (χ3v) is 5.89. The van der Waals surface area contributed by atoms with Crippen molar-refractivity contribution in [2.24, 2.45) is 5.14 Å². The van der Waals surface area contributed by atoms with Gasteiger partial charge in [0.2, 0.25) is 10.0 Å². The highest BCUT2D eigenvalue weighted by Gasteiger charge is 2.15. The standard InChI is InChI=1S/C23H19N3O6S/c24-33(30,31)16-7-5-6-15(12-16)25-21(27)14-32-22(28)13-26-19-10-3-1-8-17(19)23(29)18-9-2-4-11-20(18)26/h1-12H,13-14H2,(H,25,27)(H2,24,30,31). The van der Waals surface area contributed by atoms with Gasteiger partial charge < -0.3 is 14.6 Å². The van der Waals surface area contributed by atoms with Crippen LogP contribution in [-0.4, -0.2) is 31.5 Å². The quantitative estimate of drug-likeness (QED) is 0.330. The van der Waals surface area contributed by atoms with Gasteiger partial charge in [-0.1, -0.05) is 30.3 Å². The summed E-state index contributed by atoms with van der Waals surface area (Å²) in [6.45, 7) is -0.788. The largest absolute Gasteiger partial charge is 0.454 e. The van der Waals surface area contributed by atoms with Crippen LogP contribution < -0.4 is 15.9 Å². The first-order valence-corrected chi connectivity index (χ1v) is 11.4. The predicted molar refractivity (Wildman–Crippen MR) is 123 cm³/mol. The van der Waals surface area contributed by atoms with Crippen molar-refractivity contribution < 1.29 is 22.7 Å². The topological polar surface area (TPSA) is 138 Å². The third-order valence-electron chi connectivity index (χ3n) is 4.98. The normalized spacial score (nSPS) is 11.4. The van der Waals surface area contributed by atoms with Crippen LogP contribution in [0.3, 0.4) is 0 Å². The van der Waals surface area contributed by atoms with Crippen molar-refractivity contribution in [3.63, 3.8) is 0 Å². The zero-order valence-electron chi connectivity index (χ0n) is 17.2. The molecule has 0 saturated heterocycles. The van der Waals surface area contributed by atoms with Gasteiger partial charge in [-0.3, -0.25) is 14.4 Å². The fraction of sp³-hybridized carbons (Fsp3) is 0.0870. The molecule has 0 fully saturated rings. The Kier molecular flexibility index (Phi) is 5.95. The van der Waals surface area contributed by atoms with E-state index in [1.54, 1.807) is 53.1 Å². The van der Waals surface area contributed by atoms with Gasteiger partial charge in [0.05, 0.1) is 15.9 Å². The van der Waals surface area contributed by atoms with Gasteiger partial charge in [0, 0.05) is 16.5 Å². The summed E-state index contributed by atoms with van der Waals surface area (Å²) >= 11 is 0. The number of anilines is 1. The van der Waals surface area contributed by atoms with Crippen LogP contribution in [0.1, 0.15) is 0 Å². The van der Waals surface area contributed by atoms with Crippen molar-refractivity contribution in [3.05, 3.63) is 83.0 Å². The summed E-state index contributed by atoms with van der Waals surface area (Å²) in [6.07, 6.45) is 0. The molecule has 0 spiro atoms. The van der Waals surface area contributed by atoms with Crippen LogP contribution in [0, 0.1) is 0 Å². The van der Waals surface area contributed by atoms with E-state index in [9.17, 15) is 22.8 Å². The number of primary sulfonamides is 1. The summed E-state index contributed by atoms with van der Waals surface area (Å²) in [4.78, 5) is 37.3. The molecule has 1 aromatic heterocycles. The molecular weight excluding hydrogens is 446 g/mol. The van der Waals surface area contributed by atoms with E-state index in [1.165, 1.54) is 24.3 Å². The van der Waals surface area contributed by atoms with Crippen molar-refractivity contribution in [2.75, 3.05) is 11.9 Å². The second kappa shape index (κ2) is 8.85. The molecule has 0 aliphatic heterocycles. The summed E-state index contributed by atoms with van der Waals surface area (Å²) in [7, 11) is -3.92. The highest BCUT2D eigenvalue weighted by atomic mass is 32.2. The van der Waals surface area contributed by atoms with Gasteiger partial charge >= 0.3 is 5.97 Å². The van der Waals surface area contributed by atoms with Crippen molar-refractivity contribution in [1.82, 2.24) is 4.57 Å². The van der Waals surface area contributed by atoms with Gasteiger partial charge in [0.25, 0.3) is 5.91 Å². The van der Waals surface area contributed by atoms with Crippen LogP contribution in [-0.2, 0) is 30.9 Å². The van der Waals surface area contributed by atoms with Crippen LogP contribution in [0.25, 0.3) is 21.8 Å². The Balaban J connectivity index is 1.50. The molecule has 9 nitrogen and oxygen atoms in total. The Morgan fingerprint density at radius 2 is 1.52 bits per heavy atom. The maximum absolute atomic E-state index is 12.8. The summed E-state index contributed by atoms with van der Waals surface area (Å²) in [6, 6.07) is 19.3. The molecule has 0 aliphatic carbocycles. The zero-order chi connectivity index (χ0) is 23.6. The minimum Gasteiger partial charge on any atom is -0.454 e. The molecule has 4 rings (SSSR count). The monoisotopic (exact) mass is 465 g/mol. The smallest absolute Gasteiger partial charge is 0.326 e. The first kappa shape index (κ1) is 22.2. The number of carbonyl (C=O) groups excluding carboxylic acids is 2. The van der Waals surface area contributed by atoms with E-state index in [0.717, 1.165) is 0 Å². The summed E-state index contributed by atoms with van der Waals surface area (Å²) < 4.78 is 29.7. The number of hydrogen-bond donors (Lipinski definition) is 2. The number of pyridine rings is 1. The molecule has 3 aromatic carbocycles. The third kappa shape index (κ3) is 4.76. The van der Waals surface area contributed by atoms with Gasteiger partial charge in [-0.25, -0.2) is 13.6 Å². The number of benzene rings is 3. The number of sulfonamides is 1. The number of para-hydroxylation sites is 2. The van der Waals surface area contributed by atoms with Crippen molar-refractivity contribution in [1.29, 1.82) is 0 Å². The Bertz CT molecular complexity index is 1500. The number of nitrogens with two attached hydrogens (primary N) is 1. The molecule has 10 heteroatoms. The van der Waals surface area contributed by atoms with Crippen molar-refractivity contribution in [3.8, 4) is 0 Å². The average molecular weight is 465 g/mol. The molecule has 1 amide bonds. The minimum atomic E-state index is -3.92. The second-order valence-corrected chi connectivity index (χ2v) is 8.79. The molecule has 0 atom stereocenters. The molecule has 0 unspecified atom stereocenters. The summed E-state index contributed by atoms with van der Waals surface area (Å²) in [5.41, 5.74) is 1.21. The van der Waals surface area contributed by atoms with Crippen LogP contribution >= 0.6 is 0 Å². The minimum absolute atomic E-state index is 0.132. The summed E-state index contributed by atoms with van der Waals surface area (Å²) in [5.74, 6) is -1.33. The van der Waals surface area contributed by atoms with E-state index in [4.69, 9.17) is 9.88 Å². The first-order valence-electron chi connectivity index (χ1n) is 9.82. The van der Waals surface area contributed by atoms with Crippen LogP contribution in [0.2, 0.25) is 0 Å². The molecule has 0 radical (unpaired) electrons. The van der Waals surface area contributed by atoms with Gasteiger partial charge in [0.15, 0.2) is 12.0 Å². The lowest BCUT2D eigenvalue weighted by atomic mass is 10.1. The Hall–Kier alpha value is -4.02. The average Bonchev–Trinajstić information content (AvgIpc) is 2.80. The Morgan fingerprint density at radius 3 is 2.12 bits per heavy atom. The SMILES string of the molecule is NS(=O)(=O)c1cccc(NC(=O)COC(=O)Cn2c3ccccc3c(=O)c3ccccc32)c1. The molecule has 1 heterocycles. The summed E-state index contributed by atoms with van der Waals surface area (Å²) in [5, 5.41) is 8.48. The lowest BCUT2D eigenvalue weighted by Crippen LogP contribution is -2.24. The highest BCUT2D eigenvalue weighted by Crippen LogP contribution is 2.19. The number of aromatic nitrogens is 1. The van der Waals surface area contributed by atoms with Crippen LogP contribution in [0.4, 0.5) is 5.69 Å². The molecule has 4 aromatic rings. The van der Waals surface area contributed by atoms with E-state index in [0.29, 0.717) is 21.8 Å². The number of nitrogens with one attached hydrogen (secondary N) is 1. The van der Waals surface area contributed by atoms with E-state index in [2.05, 4.69) is 5.32 Å². The molecule has 168 valence electrons. The molecule has 33 heavy (non-hydrogen) atoms. The molecule has 0 bridgehead atoms. The highest BCUT2D eigenvalue weighted by molar-refractivity contribution is 7.89. The van der Waals surface area contributed by atoms with Gasteiger partial charge in [-0.2, -0.15) is 0 Å². The maximum atomic E-state index is 12.8. The van der Waals surface area contributed by atoms with Gasteiger partial charge in [-0.05, 0) is 42.5 Å².